The van der Waals surface area contributed by atoms with Gasteiger partial charge in [-0.25, -0.2) is 4.79 Å². The molecule has 0 heterocycles. The Bertz CT molecular complexity index is 518. The Hall–Kier alpha value is -1.21. The zero-order chi connectivity index (χ0) is 16.6. The van der Waals surface area contributed by atoms with Crippen LogP contribution in [0.2, 0.25) is 0 Å². The van der Waals surface area contributed by atoms with Crippen molar-refractivity contribution in [2.75, 3.05) is 23.4 Å². The number of halogens is 1. The number of para-hydroxylation sites is 1. The largest absolute Gasteiger partial charge is 0.444 e. The molecule has 0 aliphatic rings. The summed E-state index contributed by atoms with van der Waals surface area (Å²) < 4.78 is 5.96. The van der Waals surface area contributed by atoms with E-state index in [1.54, 1.807) is 0 Å². The second-order valence-corrected chi connectivity index (χ2v) is 7.47. The molecule has 22 heavy (non-hydrogen) atoms. The van der Waals surface area contributed by atoms with Crippen molar-refractivity contribution in [3.63, 3.8) is 0 Å². The van der Waals surface area contributed by atoms with Crippen LogP contribution in [0.1, 0.15) is 20.8 Å². The van der Waals surface area contributed by atoms with Gasteiger partial charge in [0.2, 0.25) is 5.91 Å². The fourth-order valence-corrected chi connectivity index (χ4v) is 2.49. The number of nitrogens with one attached hydrogen (secondary N) is 2. The highest BCUT2D eigenvalue weighted by atomic mass is 79.9. The number of rotatable bonds is 6. The van der Waals surface area contributed by atoms with Crippen LogP contribution in [-0.4, -0.2) is 35.7 Å². The smallest absolute Gasteiger partial charge is 0.407 e. The van der Waals surface area contributed by atoms with E-state index in [1.165, 1.54) is 11.8 Å². The zero-order valence-electron chi connectivity index (χ0n) is 12.9. The Kier molecular flexibility index (Phi) is 7.75. The number of carbonyl (C=O) groups excluding carboxylic acids is 2. The first-order chi connectivity index (χ1) is 10.3. The molecule has 0 bridgehead atoms. The molecule has 122 valence electrons. The summed E-state index contributed by atoms with van der Waals surface area (Å²) in [5.74, 6) is 0.897. The van der Waals surface area contributed by atoms with Gasteiger partial charge in [-0.1, -0.05) is 12.1 Å². The molecule has 1 aromatic carbocycles. The SMILES string of the molecule is CC(C)(C)OC(=O)NCCSCC(=O)Nc1ccccc1Br. The molecule has 0 aliphatic heterocycles. The van der Waals surface area contributed by atoms with E-state index in [4.69, 9.17) is 4.74 Å². The molecule has 0 radical (unpaired) electrons. The summed E-state index contributed by atoms with van der Waals surface area (Å²) in [6, 6.07) is 7.44. The third-order valence-electron chi connectivity index (χ3n) is 2.30. The molecule has 1 aromatic rings. The van der Waals surface area contributed by atoms with Gasteiger partial charge in [0, 0.05) is 16.8 Å². The van der Waals surface area contributed by atoms with Crippen LogP contribution in [0.5, 0.6) is 0 Å². The van der Waals surface area contributed by atoms with Crippen molar-refractivity contribution in [2.24, 2.45) is 0 Å². The lowest BCUT2D eigenvalue weighted by molar-refractivity contribution is -0.113. The van der Waals surface area contributed by atoms with Crippen molar-refractivity contribution >= 4 is 45.4 Å². The maximum atomic E-state index is 11.8. The molecule has 0 saturated carbocycles. The lowest BCUT2D eigenvalue weighted by Gasteiger charge is -2.19. The number of thioether (sulfide) groups is 1. The summed E-state index contributed by atoms with van der Waals surface area (Å²) in [6.07, 6.45) is -0.439. The minimum Gasteiger partial charge on any atom is -0.444 e. The summed E-state index contributed by atoms with van der Waals surface area (Å²) in [6.45, 7) is 5.90. The van der Waals surface area contributed by atoms with E-state index in [0.717, 1.165) is 10.2 Å². The highest BCUT2D eigenvalue weighted by Gasteiger charge is 2.15. The molecule has 0 aromatic heterocycles. The van der Waals surface area contributed by atoms with Crippen molar-refractivity contribution < 1.29 is 14.3 Å². The highest BCUT2D eigenvalue weighted by molar-refractivity contribution is 9.10. The zero-order valence-corrected chi connectivity index (χ0v) is 15.3. The molecule has 2 amide bonds. The molecule has 5 nitrogen and oxygen atoms in total. The van der Waals surface area contributed by atoms with Crippen molar-refractivity contribution in [3.8, 4) is 0 Å². The van der Waals surface area contributed by atoms with Crippen LogP contribution in [0.3, 0.4) is 0 Å². The van der Waals surface area contributed by atoms with Gasteiger partial charge in [-0.05, 0) is 48.8 Å². The summed E-state index contributed by atoms with van der Waals surface area (Å²) in [4.78, 5) is 23.2. The number of carbonyl (C=O) groups is 2. The van der Waals surface area contributed by atoms with E-state index in [2.05, 4.69) is 26.6 Å². The van der Waals surface area contributed by atoms with E-state index in [9.17, 15) is 9.59 Å². The van der Waals surface area contributed by atoms with Crippen LogP contribution in [-0.2, 0) is 9.53 Å². The van der Waals surface area contributed by atoms with Crippen molar-refractivity contribution in [1.29, 1.82) is 0 Å². The van der Waals surface area contributed by atoms with Gasteiger partial charge in [0.1, 0.15) is 5.60 Å². The molecule has 2 N–H and O–H groups in total. The fraction of sp³-hybridized carbons (Fsp3) is 0.467. The lowest BCUT2D eigenvalue weighted by Crippen LogP contribution is -2.33. The van der Waals surface area contributed by atoms with Gasteiger partial charge in [0.25, 0.3) is 0 Å². The molecule has 0 saturated heterocycles. The lowest BCUT2D eigenvalue weighted by atomic mass is 10.2. The molecule has 7 heteroatoms. The van der Waals surface area contributed by atoms with Gasteiger partial charge >= 0.3 is 6.09 Å². The van der Waals surface area contributed by atoms with Gasteiger partial charge in [-0.15, -0.1) is 0 Å². The third-order valence-corrected chi connectivity index (χ3v) is 3.95. The first-order valence-electron chi connectivity index (χ1n) is 6.87. The Balaban J connectivity index is 2.16. The van der Waals surface area contributed by atoms with Crippen molar-refractivity contribution in [2.45, 2.75) is 26.4 Å². The number of hydrogen-bond acceptors (Lipinski definition) is 4. The number of hydrogen-bond donors (Lipinski definition) is 2. The molecule has 0 atom stereocenters. The Labute approximate surface area is 143 Å². The van der Waals surface area contributed by atoms with E-state index in [0.29, 0.717) is 18.1 Å². The normalized spacial score (nSPS) is 10.9. The number of amides is 2. The Morgan fingerprint density at radius 2 is 1.95 bits per heavy atom. The monoisotopic (exact) mass is 388 g/mol. The second-order valence-electron chi connectivity index (χ2n) is 5.51. The van der Waals surface area contributed by atoms with Crippen LogP contribution < -0.4 is 10.6 Å². The number of benzene rings is 1. The van der Waals surface area contributed by atoms with E-state index in [1.807, 2.05) is 45.0 Å². The summed E-state index contributed by atoms with van der Waals surface area (Å²) >= 11 is 4.82. The van der Waals surface area contributed by atoms with Gasteiger partial charge in [0.15, 0.2) is 0 Å². The predicted octanol–water partition coefficient (Wildman–Crippen LogP) is 3.65. The Morgan fingerprint density at radius 1 is 1.27 bits per heavy atom. The minimum absolute atomic E-state index is 0.0748. The topological polar surface area (TPSA) is 67.4 Å². The summed E-state index contributed by atoms with van der Waals surface area (Å²) in [7, 11) is 0. The van der Waals surface area contributed by atoms with Crippen LogP contribution in [0.15, 0.2) is 28.7 Å². The first-order valence-corrected chi connectivity index (χ1v) is 8.81. The maximum absolute atomic E-state index is 11.8. The van der Waals surface area contributed by atoms with Crippen LogP contribution >= 0.6 is 27.7 Å². The van der Waals surface area contributed by atoms with Gasteiger partial charge < -0.3 is 15.4 Å². The maximum Gasteiger partial charge on any atom is 0.407 e. The Morgan fingerprint density at radius 3 is 2.59 bits per heavy atom. The summed E-state index contributed by atoms with van der Waals surface area (Å²) in [5.41, 5.74) is 0.250. The van der Waals surface area contributed by atoms with Crippen LogP contribution in [0, 0.1) is 0 Å². The standard InChI is InChI=1S/C15H21BrN2O3S/c1-15(2,3)21-14(20)17-8-9-22-10-13(19)18-12-7-5-4-6-11(12)16/h4-7H,8-10H2,1-3H3,(H,17,20)(H,18,19). The fourth-order valence-electron chi connectivity index (χ4n) is 1.45. The molecule has 0 aliphatic carbocycles. The molecular weight excluding hydrogens is 368 g/mol. The summed E-state index contributed by atoms with van der Waals surface area (Å²) in [5, 5.41) is 5.47. The van der Waals surface area contributed by atoms with Gasteiger partial charge in [-0.3, -0.25) is 4.79 Å². The number of ether oxygens (including phenoxy) is 1. The number of alkyl carbamates (subject to hydrolysis) is 1. The minimum atomic E-state index is -0.500. The predicted molar refractivity (Wildman–Crippen MR) is 94.3 cm³/mol. The molecule has 0 unspecified atom stereocenters. The molecule has 1 rings (SSSR count). The molecule has 0 spiro atoms. The van der Waals surface area contributed by atoms with Crippen molar-refractivity contribution in [1.82, 2.24) is 5.32 Å². The van der Waals surface area contributed by atoms with Gasteiger partial charge in [0.05, 0.1) is 11.4 Å². The second kappa shape index (κ2) is 9.05. The van der Waals surface area contributed by atoms with E-state index < -0.39 is 11.7 Å². The van der Waals surface area contributed by atoms with E-state index >= 15 is 0 Å². The van der Waals surface area contributed by atoms with Gasteiger partial charge in [-0.2, -0.15) is 11.8 Å². The average Bonchev–Trinajstić information content (AvgIpc) is 2.39. The number of anilines is 1. The van der Waals surface area contributed by atoms with Crippen LogP contribution in [0.4, 0.5) is 10.5 Å². The average molecular weight is 389 g/mol. The van der Waals surface area contributed by atoms with Crippen LogP contribution in [0.25, 0.3) is 0 Å². The quantitative estimate of drug-likeness (QED) is 0.729. The third kappa shape index (κ3) is 8.29. The highest BCUT2D eigenvalue weighted by Crippen LogP contribution is 2.21. The van der Waals surface area contributed by atoms with E-state index in [-0.39, 0.29) is 5.91 Å². The molecular formula is C15H21BrN2O3S. The van der Waals surface area contributed by atoms with Crippen molar-refractivity contribution in [3.05, 3.63) is 28.7 Å². The molecule has 0 fully saturated rings. The first kappa shape index (κ1) is 18.8.